The first-order chi connectivity index (χ1) is 10.9. The molecule has 1 fully saturated rings. The van der Waals surface area contributed by atoms with E-state index >= 15 is 0 Å². The molecular weight excluding hydrogens is 297 g/mol. The average molecular weight is 321 g/mol. The highest BCUT2D eigenvalue weighted by Crippen LogP contribution is 2.23. The Bertz CT molecular complexity index is 591. The molecule has 6 heteroatoms. The summed E-state index contributed by atoms with van der Waals surface area (Å²) < 4.78 is 13.3. The molecule has 1 aromatic carbocycles. The van der Waals surface area contributed by atoms with Crippen LogP contribution in [0.25, 0.3) is 0 Å². The Kier molecular flexibility index (Phi) is 5.58. The highest BCUT2D eigenvalue weighted by molar-refractivity contribution is 5.90. The fraction of sp³-hybridized carbons (Fsp3) is 0.529. The minimum absolute atomic E-state index is 0.0215. The summed E-state index contributed by atoms with van der Waals surface area (Å²) in [6.45, 7) is 6.47. The van der Waals surface area contributed by atoms with Gasteiger partial charge in [-0.2, -0.15) is 0 Å². The molecular formula is C17H24FN3O2. The van der Waals surface area contributed by atoms with Crippen LogP contribution in [0, 0.1) is 18.7 Å². The molecule has 2 rings (SSSR count). The van der Waals surface area contributed by atoms with Crippen LogP contribution in [0.1, 0.15) is 32.3 Å². The van der Waals surface area contributed by atoms with Gasteiger partial charge >= 0.3 is 6.03 Å². The van der Waals surface area contributed by atoms with Crippen molar-refractivity contribution >= 4 is 17.6 Å². The van der Waals surface area contributed by atoms with Crippen molar-refractivity contribution in [3.05, 3.63) is 29.6 Å². The molecule has 2 unspecified atom stereocenters. The second kappa shape index (κ2) is 7.44. The Labute approximate surface area is 136 Å². The molecule has 0 radical (unpaired) electrons. The topological polar surface area (TPSA) is 61.4 Å². The highest BCUT2D eigenvalue weighted by Gasteiger charge is 2.35. The van der Waals surface area contributed by atoms with Crippen LogP contribution in [-0.4, -0.2) is 36.0 Å². The van der Waals surface area contributed by atoms with E-state index in [1.807, 2.05) is 6.92 Å². The standard InChI is InChI=1S/C17H24FN3O2/c1-4-5-13-9-21(10-16(13)19-12(3)22)17(23)20-15-8-14(18)7-6-11(15)2/h6-8,13,16H,4-5,9-10H2,1-3H3,(H,19,22)(H,20,23). The van der Waals surface area contributed by atoms with Crippen molar-refractivity contribution in [3.8, 4) is 0 Å². The zero-order valence-corrected chi connectivity index (χ0v) is 13.9. The lowest BCUT2D eigenvalue weighted by atomic mass is 9.98. The number of benzene rings is 1. The van der Waals surface area contributed by atoms with Crippen LogP contribution in [0.15, 0.2) is 18.2 Å². The summed E-state index contributed by atoms with van der Waals surface area (Å²) >= 11 is 0. The smallest absolute Gasteiger partial charge is 0.321 e. The Morgan fingerprint density at radius 3 is 2.74 bits per heavy atom. The predicted octanol–water partition coefficient (Wildman–Crippen LogP) is 2.90. The summed E-state index contributed by atoms with van der Waals surface area (Å²) in [7, 11) is 0. The van der Waals surface area contributed by atoms with Gasteiger partial charge in [0.15, 0.2) is 0 Å². The summed E-state index contributed by atoms with van der Waals surface area (Å²) in [4.78, 5) is 25.5. The predicted molar refractivity (Wildman–Crippen MR) is 87.7 cm³/mol. The van der Waals surface area contributed by atoms with Gasteiger partial charge in [-0.15, -0.1) is 0 Å². The number of amides is 3. The van der Waals surface area contributed by atoms with Crippen molar-refractivity contribution in [2.24, 2.45) is 5.92 Å². The molecule has 1 aliphatic heterocycles. The lowest BCUT2D eigenvalue weighted by Gasteiger charge is -2.18. The normalized spacial score (nSPS) is 20.4. The number of hydrogen-bond donors (Lipinski definition) is 2. The number of carbonyl (C=O) groups excluding carboxylic acids is 2. The van der Waals surface area contributed by atoms with Gasteiger partial charge in [0.25, 0.3) is 0 Å². The quantitative estimate of drug-likeness (QED) is 0.896. The molecule has 0 aliphatic carbocycles. The number of nitrogens with zero attached hydrogens (tertiary/aromatic N) is 1. The molecule has 1 aromatic rings. The van der Waals surface area contributed by atoms with Gasteiger partial charge < -0.3 is 15.5 Å². The third-order valence-corrected chi connectivity index (χ3v) is 4.22. The van der Waals surface area contributed by atoms with Crippen molar-refractivity contribution in [3.63, 3.8) is 0 Å². The highest BCUT2D eigenvalue weighted by atomic mass is 19.1. The third-order valence-electron chi connectivity index (χ3n) is 4.22. The summed E-state index contributed by atoms with van der Waals surface area (Å²) in [5, 5.41) is 5.69. The first-order valence-corrected chi connectivity index (χ1v) is 8.00. The number of nitrogens with one attached hydrogen (secondary N) is 2. The molecule has 1 heterocycles. The van der Waals surface area contributed by atoms with E-state index in [0.29, 0.717) is 18.8 Å². The van der Waals surface area contributed by atoms with Gasteiger partial charge in [-0.05, 0) is 37.0 Å². The van der Waals surface area contributed by atoms with E-state index in [0.717, 1.165) is 18.4 Å². The van der Waals surface area contributed by atoms with Crippen molar-refractivity contribution in [1.82, 2.24) is 10.2 Å². The number of aryl methyl sites for hydroxylation is 1. The Hall–Kier alpha value is -2.11. The van der Waals surface area contributed by atoms with Crippen LogP contribution in [-0.2, 0) is 4.79 Å². The first-order valence-electron chi connectivity index (χ1n) is 8.00. The minimum atomic E-state index is -0.382. The maximum atomic E-state index is 13.3. The van der Waals surface area contributed by atoms with E-state index in [4.69, 9.17) is 0 Å². The van der Waals surface area contributed by atoms with Crippen LogP contribution >= 0.6 is 0 Å². The van der Waals surface area contributed by atoms with Crippen LogP contribution < -0.4 is 10.6 Å². The van der Waals surface area contributed by atoms with Crippen molar-refractivity contribution in [1.29, 1.82) is 0 Å². The molecule has 0 saturated carbocycles. The second-order valence-corrected chi connectivity index (χ2v) is 6.15. The number of rotatable bonds is 4. The molecule has 3 amide bonds. The van der Waals surface area contributed by atoms with Crippen molar-refractivity contribution < 1.29 is 14.0 Å². The lowest BCUT2D eigenvalue weighted by Crippen LogP contribution is -2.40. The number of halogens is 1. The molecule has 2 N–H and O–H groups in total. The molecule has 0 aromatic heterocycles. The molecule has 5 nitrogen and oxygen atoms in total. The van der Waals surface area contributed by atoms with Gasteiger partial charge in [0, 0.05) is 25.7 Å². The zero-order chi connectivity index (χ0) is 17.0. The van der Waals surface area contributed by atoms with E-state index in [9.17, 15) is 14.0 Å². The number of likely N-dealkylation sites (tertiary alicyclic amines) is 1. The average Bonchev–Trinajstić information content (AvgIpc) is 2.86. The monoisotopic (exact) mass is 321 g/mol. The van der Waals surface area contributed by atoms with Crippen molar-refractivity contribution in [2.45, 2.75) is 39.7 Å². The number of carbonyl (C=O) groups is 2. The number of anilines is 1. The molecule has 2 atom stereocenters. The summed E-state index contributed by atoms with van der Waals surface area (Å²) in [6.07, 6.45) is 1.95. The Morgan fingerprint density at radius 2 is 2.09 bits per heavy atom. The number of urea groups is 1. The van der Waals surface area contributed by atoms with E-state index < -0.39 is 0 Å². The Morgan fingerprint density at radius 1 is 1.35 bits per heavy atom. The second-order valence-electron chi connectivity index (χ2n) is 6.15. The molecule has 1 saturated heterocycles. The SMILES string of the molecule is CCCC1CN(C(=O)Nc2cc(F)ccc2C)CC1NC(C)=O. The largest absolute Gasteiger partial charge is 0.351 e. The van der Waals surface area contributed by atoms with Crippen LogP contribution in [0.4, 0.5) is 14.9 Å². The molecule has 0 spiro atoms. The maximum Gasteiger partial charge on any atom is 0.321 e. The summed E-state index contributed by atoms with van der Waals surface area (Å²) in [5.74, 6) is -0.213. The van der Waals surface area contributed by atoms with E-state index in [2.05, 4.69) is 17.6 Å². The maximum absolute atomic E-state index is 13.3. The summed E-state index contributed by atoms with van der Waals surface area (Å²) in [6, 6.07) is 4.04. The fourth-order valence-corrected chi connectivity index (χ4v) is 3.05. The van der Waals surface area contributed by atoms with Crippen molar-refractivity contribution in [2.75, 3.05) is 18.4 Å². The fourth-order valence-electron chi connectivity index (χ4n) is 3.05. The zero-order valence-electron chi connectivity index (χ0n) is 13.9. The number of hydrogen-bond acceptors (Lipinski definition) is 2. The van der Waals surface area contributed by atoms with Crippen LogP contribution in [0.5, 0.6) is 0 Å². The minimum Gasteiger partial charge on any atom is -0.351 e. The van der Waals surface area contributed by atoms with Gasteiger partial charge in [-0.1, -0.05) is 19.4 Å². The third kappa shape index (κ3) is 4.43. The molecule has 126 valence electrons. The molecule has 23 heavy (non-hydrogen) atoms. The van der Waals surface area contributed by atoms with E-state index in [1.54, 1.807) is 11.0 Å². The molecule has 0 bridgehead atoms. The van der Waals surface area contributed by atoms with Crippen LogP contribution in [0.3, 0.4) is 0 Å². The van der Waals surface area contributed by atoms with Gasteiger partial charge in [0.2, 0.25) is 5.91 Å². The summed E-state index contributed by atoms with van der Waals surface area (Å²) in [5.41, 5.74) is 1.28. The Balaban J connectivity index is 2.04. The van der Waals surface area contributed by atoms with Gasteiger partial charge in [-0.3, -0.25) is 4.79 Å². The van der Waals surface area contributed by atoms with Gasteiger partial charge in [0.05, 0.1) is 6.04 Å². The lowest BCUT2D eigenvalue weighted by molar-refractivity contribution is -0.119. The molecule has 1 aliphatic rings. The van der Waals surface area contributed by atoms with E-state index in [1.165, 1.54) is 19.1 Å². The first kappa shape index (κ1) is 17.2. The van der Waals surface area contributed by atoms with Crippen LogP contribution in [0.2, 0.25) is 0 Å². The van der Waals surface area contributed by atoms with Gasteiger partial charge in [0.1, 0.15) is 5.82 Å². The van der Waals surface area contributed by atoms with Gasteiger partial charge in [-0.25, -0.2) is 9.18 Å². The van der Waals surface area contributed by atoms with E-state index in [-0.39, 0.29) is 29.7 Å².